The minimum atomic E-state index is -0.488. The number of nitro benzene ring substituents is 1. The molecule has 20 heavy (non-hydrogen) atoms. The van der Waals surface area contributed by atoms with Crippen LogP contribution in [-0.2, 0) is 0 Å². The van der Waals surface area contributed by atoms with Crippen molar-refractivity contribution in [3.8, 4) is 0 Å². The lowest BCUT2D eigenvalue weighted by Crippen LogP contribution is -1.98. The van der Waals surface area contributed by atoms with Crippen molar-refractivity contribution < 1.29 is 4.92 Å². The molecule has 0 saturated heterocycles. The number of aryl methyl sites for hydroxylation is 2. The molecule has 0 saturated carbocycles. The van der Waals surface area contributed by atoms with Crippen LogP contribution in [0.15, 0.2) is 28.3 Å². The lowest BCUT2D eigenvalue weighted by molar-refractivity contribution is -0.387. The van der Waals surface area contributed by atoms with Crippen molar-refractivity contribution >= 4 is 29.1 Å². The lowest BCUT2D eigenvalue weighted by Gasteiger charge is -2.07. The maximum Gasteiger partial charge on any atom is 0.301 e. The molecule has 0 unspecified atom stereocenters. The largest absolute Gasteiger partial charge is 0.301 e. The summed E-state index contributed by atoms with van der Waals surface area (Å²) in [6, 6.07) is 4.81. The molecular formula is C13H12ClN3O2S. The van der Waals surface area contributed by atoms with E-state index in [0.29, 0.717) is 10.1 Å². The van der Waals surface area contributed by atoms with Crippen LogP contribution < -0.4 is 0 Å². The van der Waals surface area contributed by atoms with E-state index in [9.17, 15) is 10.1 Å². The molecule has 0 amide bonds. The van der Waals surface area contributed by atoms with Crippen LogP contribution >= 0.6 is 23.4 Å². The number of para-hydroxylation sites is 1. The molecule has 0 spiro atoms. The second kappa shape index (κ2) is 5.76. The predicted octanol–water partition coefficient (Wildman–Crippen LogP) is 4.11. The van der Waals surface area contributed by atoms with Crippen molar-refractivity contribution in [1.82, 2.24) is 9.97 Å². The third kappa shape index (κ3) is 2.91. The number of nitrogens with zero attached hydrogens (tertiary/aromatic N) is 3. The van der Waals surface area contributed by atoms with Crippen LogP contribution in [0.5, 0.6) is 0 Å². The second-order valence-corrected chi connectivity index (χ2v) is 5.66. The SMILES string of the molecule is Cc1nc(Sc2cccc(Cl)c2[N+](=O)[O-])nc(C)c1C. The predicted molar refractivity (Wildman–Crippen MR) is 78.5 cm³/mol. The molecule has 0 aliphatic carbocycles. The summed E-state index contributed by atoms with van der Waals surface area (Å²) >= 11 is 7.03. The van der Waals surface area contributed by atoms with Crippen LogP contribution in [0.4, 0.5) is 5.69 Å². The number of hydrogen-bond acceptors (Lipinski definition) is 5. The zero-order valence-corrected chi connectivity index (χ0v) is 12.7. The van der Waals surface area contributed by atoms with Gasteiger partial charge in [-0.05, 0) is 50.2 Å². The van der Waals surface area contributed by atoms with Gasteiger partial charge in [-0.25, -0.2) is 9.97 Å². The van der Waals surface area contributed by atoms with E-state index in [-0.39, 0.29) is 10.7 Å². The van der Waals surface area contributed by atoms with E-state index in [4.69, 9.17) is 11.6 Å². The Kier molecular flexibility index (Phi) is 4.25. The molecule has 2 rings (SSSR count). The molecule has 0 fully saturated rings. The first kappa shape index (κ1) is 14.7. The average Bonchev–Trinajstić information content (AvgIpc) is 2.35. The van der Waals surface area contributed by atoms with Gasteiger partial charge in [-0.15, -0.1) is 0 Å². The van der Waals surface area contributed by atoms with Crippen molar-refractivity contribution in [1.29, 1.82) is 0 Å². The molecule has 1 aromatic heterocycles. The van der Waals surface area contributed by atoms with Crippen molar-refractivity contribution in [2.75, 3.05) is 0 Å². The highest BCUT2D eigenvalue weighted by molar-refractivity contribution is 7.99. The topological polar surface area (TPSA) is 68.9 Å². The highest BCUT2D eigenvalue weighted by atomic mass is 35.5. The number of nitro groups is 1. The Hall–Kier alpha value is -1.66. The summed E-state index contributed by atoms with van der Waals surface area (Å²) in [6.07, 6.45) is 0. The third-order valence-electron chi connectivity index (χ3n) is 2.95. The van der Waals surface area contributed by atoms with Gasteiger partial charge in [0.25, 0.3) is 0 Å². The van der Waals surface area contributed by atoms with E-state index in [1.54, 1.807) is 12.1 Å². The number of halogens is 1. The van der Waals surface area contributed by atoms with Gasteiger partial charge in [0.2, 0.25) is 0 Å². The molecule has 0 N–H and O–H groups in total. The van der Waals surface area contributed by atoms with Gasteiger partial charge in [0.1, 0.15) is 5.02 Å². The van der Waals surface area contributed by atoms with Gasteiger partial charge in [0, 0.05) is 11.4 Å². The Morgan fingerprint density at radius 2 is 1.80 bits per heavy atom. The van der Waals surface area contributed by atoms with E-state index in [1.165, 1.54) is 6.07 Å². The summed E-state index contributed by atoms with van der Waals surface area (Å²) in [7, 11) is 0. The third-order valence-corrected chi connectivity index (χ3v) is 4.17. The molecule has 0 radical (unpaired) electrons. The normalized spacial score (nSPS) is 10.6. The maximum absolute atomic E-state index is 11.1. The molecule has 0 aliphatic heterocycles. The first-order chi connectivity index (χ1) is 9.40. The molecule has 1 heterocycles. The summed E-state index contributed by atoms with van der Waals surface area (Å²) in [5.74, 6) is 0. The minimum absolute atomic E-state index is 0.112. The summed E-state index contributed by atoms with van der Waals surface area (Å²) in [5, 5.41) is 11.7. The maximum atomic E-state index is 11.1. The zero-order valence-electron chi connectivity index (χ0n) is 11.2. The molecule has 5 nitrogen and oxygen atoms in total. The number of benzene rings is 1. The summed E-state index contributed by atoms with van der Waals surface area (Å²) < 4.78 is 0. The van der Waals surface area contributed by atoms with E-state index >= 15 is 0 Å². The van der Waals surface area contributed by atoms with Gasteiger partial charge in [-0.3, -0.25) is 10.1 Å². The lowest BCUT2D eigenvalue weighted by atomic mass is 10.2. The Bertz CT molecular complexity index is 668. The monoisotopic (exact) mass is 309 g/mol. The number of rotatable bonds is 3. The molecular weight excluding hydrogens is 298 g/mol. The fourth-order valence-electron chi connectivity index (χ4n) is 1.64. The first-order valence-electron chi connectivity index (χ1n) is 5.82. The molecule has 0 aliphatic rings. The van der Waals surface area contributed by atoms with Crippen LogP contribution in [0.25, 0.3) is 0 Å². The van der Waals surface area contributed by atoms with Gasteiger partial charge in [-0.2, -0.15) is 0 Å². The van der Waals surface area contributed by atoms with Crippen molar-refractivity contribution in [2.45, 2.75) is 30.8 Å². The Morgan fingerprint density at radius 3 is 2.35 bits per heavy atom. The van der Waals surface area contributed by atoms with E-state index in [0.717, 1.165) is 28.7 Å². The van der Waals surface area contributed by atoms with Gasteiger partial charge in [-0.1, -0.05) is 17.7 Å². The quantitative estimate of drug-likeness (QED) is 0.484. The van der Waals surface area contributed by atoms with E-state index in [2.05, 4.69) is 9.97 Å². The fourth-order valence-corrected chi connectivity index (χ4v) is 2.93. The Labute approximate surface area is 125 Å². The van der Waals surface area contributed by atoms with Crippen LogP contribution in [0.3, 0.4) is 0 Å². The van der Waals surface area contributed by atoms with Crippen molar-refractivity contribution in [2.24, 2.45) is 0 Å². The molecule has 7 heteroatoms. The smallest absolute Gasteiger partial charge is 0.258 e. The number of aromatic nitrogens is 2. The average molecular weight is 310 g/mol. The number of hydrogen-bond donors (Lipinski definition) is 0. The standard InChI is InChI=1S/C13H12ClN3O2S/c1-7-8(2)15-13(16-9(7)3)20-11-6-4-5-10(14)12(11)17(18)19/h4-6H,1-3H3. The molecule has 2 aromatic rings. The van der Waals surface area contributed by atoms with Gasteiger partial charge in [0.05, 0.1) is 9.82 Å². The zero-order chi connectivity index (χ0) is 14.9. The fraction of sp³-hybridized carbons (Fsp3) is 0.231. The minimum Gasteiger partial charge on any atom is -0.258 e. The molecule has 0 atom stereocenters. The van der Waals surface area contributed by atoms with Crippen molar-refractivity contribution in [3.63, 3.8) is 0 Å². The van der Waals surface area contributed by atoms with Crippen LogP contribution in [0, 0.1) is 30.9 Å². The van der Waals surface area contributed by atoms with E-state index in [1.807, 2.05) is 20.8 Å². The molecule has 104 valence electrons. The van der Waals surface area contributed by atoms with Crippen LogP contribution in [0.2, 0.25) is 5.02 Å². The first-order valence-corrected chi connectivity index (χ1v) is 7.02. The van der Waals surface area contributed by atoms with Gasteiger partial charge in [0.15, 0.2) is 5.16 Å². The van der Waals surface area contributed by atoms with Crippen molar-refractivity contribution in [3.05, 3.63) is 50.3 Å². The molecule has 1 aromatic carbocycles. The summed E-state index contributed by atoms with van der Waals surface area (Å²) in [5.41, 5.74) is 2.64. The second-order valence-electron chi connectivity index (χ2n) is 4.25. The Balaban J connectivity index is 2.45. The highest BCUT2D eigenvalue weighted by Gasteiger charge is 2.20. The van der Waals surface area contributed by atoms with Gasteiger partial charge >= 0.3 is 5.69 Å². The Morgan fingerprint density at radius 1 is 1.20 bits per heavy atom. The summed E-state index contributed by atoms with van der Waals surface area (Å²) in [4.78, 5) is 19.7. The van der Waals surface area contributed by atoms with E-state index < -0.39 is 4.92 Å². The van der Waals surface area contributed by atoms with Crippen LogP contribution in [-0.4, -0.2) is 14.9 Å². The summed E-state index contributed by atoms with van der Waals surface area (Å²) in [6.45, 7) is 5.72. The highest BCUT2D eigenvalue weighted by Crippen LogP contribution is 2.37. The molecule has 0 bridgehead atoms. The van der Waals surface area contributed by atoms with Crippen LogP contribution in [0.1, 0.15) is 17.0 Å². The van der Waals surface area contributed by atoms with Gasteiger partial charge < -0.3 is 0 Å².